The number of imidazole rings is 1. The molecule has 0 aliphatic heterocycles. The normalized spacial score (nSPS) is 11.0. The van der Waals surface area contributed by atoms with Crippen molar-refractivity contribution in [1.29, 1.82) is 0 Å². The lowest BCUT2D eigenvalue weighted by atomic mass is 10.2. The van der Waals surface area contributed by atoms with Crippen LogP contribution in [0.15, 0.2) is 39.9 Å². The molecule has 0 bridgehead atoms. The zero-order valence-electron chi connectivity index (χ0n) is 13.6. The van der Waals surface area contributed by atoms with Crippen LogP contribution < -0.4 is 16.6 Å². The van der Waals surface area contributed by atoms with E-state index in [-0.39, 0.29) is 12.5 Å². The zero-order valence-corrected chi connectivity index (χ0v) is 13.6. The Morgan fingerprint density at radius 3 is 2.38 bits per heavy atom. The minimum absolute atomic E-state index is 0.149. The highest BCUT2D eigenvalue weighted by Gasteiger charge is 2.17. The van der Waals surface area contributed by atoms with Crippen LogP contribution in [0, 0.1) is 0 Å². The van der Waals surface area contributed by atoms with Gasteiger partial charge in [-0.1, -0.05) is 18.2 Å². The summed E-state index contributed by atoms with van der Waals surface area (Å²) in [5.74, 6) is 0.261. The summed E-state index contributed by atoms with van der Waals surface area (Å²) in [4.78, 5) is 40.7. The van der Waals surface area contributed by atoms with Crippen LogP contribution in [0.3, 0.4) is 0 Å². The van der Waals surface area contributed by atoms with Gasteiger partial charge in [0.25, 0.3) is 11.5 Å². The number of benzene rings is 1. The summed E-state index contributed by atoms with van der Waals surface area (Å²) in [6, 6.07) is 8.82. The number of nitrogens with one attached hydrogen (secondary N) is 1. The minimum Gasteiger partial charge on any atom is -0.345 e. The van der Waals surface area contributed by atoms with Gasteiger partial charge in [-0.15, -0.1) is 0 Å². The molecule has 124 valence electrons. The van der Waals surface area contributed by atoms with Crippen LogP contribution in [-0.4, -0.2) is 24.6 Å². The first-order valence-electron chi connectivity index (χ1n) is 7.36. The van der Waals surface area contributed by atoms with Crippen LogP contribution >= 0.6 is 0 Å². The van der Waals surface area contributed by atoms with Crippen molar-refractivity contribution in [2.45, 2.75) is 6.54 Å². The second-order valence-electron chi connectivity index (χ2n) is 5.51. The van der Waals surface area contributed by atoms with Gasteiger partial charge >= 0.3 is 5.69 Å². The predicted octanol–water partition coefficient (Wildman–Crippen LogP) is -0.0993. The van der Waals surface area contributed by atoms with Gasteiger partial charge in [-0.05, 0) is 12.1 Å². The molecule has 0 fully saturated rings. The van der Waals surface area contributed by atoms with Crippen LogP contribution in [0.2, 0.25) is 0 Å². The Kier molecular flexibility index (Phi) is 3.80. The molecule has 1 amide bonds. The standard InChI is InChI=1S/C16H17N5O3/c1-19-11(9-17-14(22)10-7-5-4-6-8-10)18-13-12(19)15(23)21(3)16(24)20(13)2/h4-8H,9H2,1-3H3,(H,17,22). The van der Waals surface area contributed by atoms with E-state index < -0.39 is 11.2 Å². The van der Waals surface area contributed by atoms with E-state index >= 15 is 0 Å². The molecule has 1 aromatic carbocycles. The van der Waals surface area contributed by atoms with E-state index in [0.29, 0.717) is 22.6 Å². The third kappa shape index (κ3) is 2.41. The van der Waals surface area contributed by atoms with E-state index in [2.05, 4.69) is 10.3 Å². The molecule has 0 aliphatic rings. The van der Waals surface area contributed by atoms with E-state index in [0.717, 1.165) is 4.57 Å². The molecule has 0 radical (unpaired) electrons. The number of aromatic nitrogens is 4. The Bertz CT molecular complexity index is 1040. The zero-order chi connectivity index (χ0) is 17.4. The first-order valence-corrected chi connectivity index (χ1v) is 7.36. The molecule has 0 atom stereocenters. The number of nitrogens with zero attached hydrogens (tertiary/aromatic N) is 4. The molecule has 2 aromatic heterocycles. The van der Waals surface area contributed by atoms with Gasteiger partial charge in [0.05, 0.1) is 6.54 Å². The lowest BCUT2D eigenvalue weighted by Gasteiger charge is -2.05. The second-order valence-corrected chi connectivity index (χ2v) is 5.51. The Morgan fingerprint density at radius 2 is 1.71 bits per heavy atom. The minimum atomic E-state index is -0.439. The molecule has 1 N–H and O–H groups in total. The molecule has 3 rings (SSSR count). The summed E-state index contributed by atoms with van der Waals surface area (Å²) < 4.78 is 3.96. The van der Waals surface area contributed by atoms with Crippen LogP contribution in [-0.2, 0) is 27.7 Å². The molecule has 8 nitrogen and oxygen atoms in total. The Labute approximate surface area is 137 Å². The summed E-state index contributed by atoms with van der Waals surface area (Å²) in [6.07, 6.45) is 0. The quantitative estimate of drug-likeness (QED) is 0.727. The summed E-state index contributed by atoms with van der Waals surface area (Å²) in [5, 5.41) is 2.77. The fraction of sp³-hybridized carbons (Fsp3) is 0.250. The lowest BCUT2D eigenvalue weighted by Crippen LogP contribution is -2.37. The second kappa shape index (κ2) is 5.80. The van der Waals surface area contributed by atoms with Gasteiger partial charge in [0, 0.05) is 26.7 Å². The van der Waals surface area contributed by atoms with Crippen molar-refractivity contribution in [2.75, 3.05) is 0 Å². The van der Waals surface area contributed by atoms with Crippen LogP contribution in [0.5, 0.6) is 0 Å². The third-order valence-corrected chi connectivity index (χ3v) is 4.01. The van der Waals surface area contributed by atoms with Gasteiger partial charge in [-0.25, -0.2) is 9.78 Å². The maximum atomic E-state index is 12.3. The van der Waals surface area contributed by atoms with E-state index in [4.69, 9.17) is 0 Å². The van der Waals surface area contributed by atoms with Gasteiger partial charge < -0.3 is 9.88 Å². The van der Waals surface area contributed by atoms with Crippen LogP contribution in [0.25, 0.3) is 11.2 Å². The van der Waals surface area contributed by atoms with E-state index in [1.54, 1.807) is 42.9 Å². The van der Waals surface area contributed by atoms with E-state index in [1.807, 2.05) is 6.07 Å². The number of fused-ring (bicyclic) bond motifs is 1. The molecule has 24 heavy (non-hydrogen) atoms. The van der Waals surface area contributed by atoms with Crippen molar-refractivity contribution in [3.63, 3.8) is 0 Å². The molecule has 0 unspecified atom stereocenters. The number of carbonyl (C=O) groups excluding carboxylic acids is 1. The third-order valence-electron chi connectivity index (χ3n) is 4.01. The molecule has 0 saturated carbocycles. The van der Waals surface area contributed by atoms with Crippen molar-refractivity contribution in [1.82, 2.24) is 24.0 Å². The number of hydrogen-bond acceptors (Lipinski definition) is 4. The van der Waals surface area contributed by atoms with Crippen LogP contribution in [0.4, 0.5) is 0 Å². The van der Waals surface area contributed by atoms with Gasteiger partial charge in [0.2, 0.25) is 0 Å². The summed E-state index contributed by atoms with van der Waals surface area (Å²) in [7, 11) is 4.67. The van der Waals surface area contributed by atoms with Crippen molar-refractivity contribution >= 4 is 17.1 Å². The SMILES string of the molecule is Cn1c(=O)c2c(nc(CNC(=O)c3ccccc3)n2C)n(C)c1=O. The topological polar surface area (TPSA) is 90.9 Å². The largest absolute Gasteiger partial charge is 0.345 e. The Morgan fingerprint density at radius 1 is 1.04 bits per heavy atom. The lowest BCUT2D eigenvalue weighted by molar-refractivity contribution is 0.0949. The summed E-state index contributed by atoms with van der Waals surface area (Å²) >= 11 is 0. The fourth-order valence-electron chi connectivity index (χ4n) is 2.57. The molecule has 0 spiro atoms. The first-order chi connectivity index (χ1) is 11.4. The van der Waals surface area contributed by atoms with Gasteiger partial charge in [0.1, 0.15) is 5.82 Å². The van der Waals surface area contributed by atoms with Gasteiger partial charge in [0.15, 0.2) is 11.2 Å². The number of hydrogen-bond donors (Lipinski definition) is 1. The molecule has 3 aromatic rings. The number of carbonyl (C=O) groups is 1. The maximum Gasteiger partial charge on any atom is 0.332 e. The Hall–Kier alpha value is -3.16. The average molecular weight is 327 g/mol. The molecular weight excluding hydrogens is 310 g/mol. The van der Waals surface area contributed by atoms with E-state index in [1.165, 1.54) is 11.6 Å². The maximum absolute atomic E-state index is 12.3. The Balaban J connectivity index is 1.97. The molecule has 2 heterocycles. The smallest absolute Gasteiger partial charge is 0.332 e. The molecule has 8 heteroatoms. The monoisotopic (exact) mass is 327 g/mol. The molecule has 0 aliphatic carbocycles. The van der Waals surface area contributed by atoms with Gasteiger partial charge in [-0.3, -0.25) is 18.7 Å². The predicted molar refractivity (Wildman–Crippen MR) is 88.8 cm³/mol. The fourth-order valence-corrected chi connectivity index (χ4v) is 2.57. The molecular formula is C16H17N5O3. The van der Waals surface area contributed by atoms with E-state index in [9.17, 15) is 14.4 Å². The summed E-state index contributed by atoms with van der Waals surface area (Å²) in [5.41, 5.74) is 0.312. The van der Waals surface area contributed by atoms with Crippen molar-refractivity contribution < 1.29 is 4.79 Å². The number of aryl methyl sites for hydroxylation is 2. The van der Waals surface area contributed by atoms with Gasteiger partial charge in [-0.2, -0.15) is 0 Å². The van der Waals surface area contributed by atoms with Crippen LogP contribution in [0.1, 0.15) is 16.2 Å². The number of rotatable bonds is 3. The highest BCUT2D eigenvalue weighted by atomic mass is 16.2. The average Bonchev–Trinajstić information content (AvgIpc) is 2.93. The van der Waals surface area contributed by atoms with Crippen molar-refractivity contribution in [3.05, 3.63) is 62.6 Å². The summed E-state index contributed by atoms with van der Waals surface area (Å²) in [6.45, 7) is 0.149. The highest BCUT2D eigenvalue weighted by Crippen LogP contribution is 2.09. The highest BCUT2D eigenvalue weighted by molar-refractivity contribution is 5.94. The van der Waals surface area contributed by atoms with Crippen molar-refractivity contribution in [2.24, 2.45) is 21.1 Å². The van der Waals surface area contributed by atoms with Crippen molar-refractivity contribution in [3.8, 4) is 0 Å². The first kappa shape index (κ1) is 15.7. The number of amides is 1. The molecule has 0 saturated heterocycles.